The van der Waals surface area contributed by atoms with Crippen LogP contribution in [0, 0.1) is 0 Å². The van der Waals surface area contributed by atoms with E-state index in [9.17, 15) is 13.2 Å². The Hall–Kier alpha value is -0.850. The molecule has 1 aromatic carbocycles. The number of benzene rings is 1. The number of alkyl halides is 3. The average molecular weight is 350 g/mol. The molecule has 1 nitrogen and oxygen atoms in total. The Kier molecular flexibility index (Phi) is 4.32. The fourth-order valence-corrected chi connectivity index (χ4v) is 3.67. The van der Waals surface area contributed by atoms with Crippen LogP contribution >= 0.6 is 27.3 Å². The standard InChI is InChI=1S/C13H11BrF3NS/c1-18-11(12-10(14)6-7-19-12)8-4-2-3-5-9(8)13(15,16)17/h2-7,11,18H,1H3. The minimum atomic E-state index is -4.35. The Morgan fingerprint density at radius 3 is 2.42 bits per heavy atom. The Bertz CT molecular complexity index is 565. The Labute approximate surface area is 121 Å². The highest BCUT2D eigenvalue weighted by molar-refractivity contribution is 9.10. The van der Waals surface area contributed by atoms with Gasteiger partial charge in [0.1, 0.15) is 0 Å². The SMILES string of the molecule is CNC(c1ccccc1C(F)(F)F)c1sccc1Br. The summed E-state index contributed by atoms with van der Waals surface area (Å²) in [6.45, 7) is 0. The molecule has 0 bridgehead atoms. The van der Waals surface area contributed by atoms with Gasteiger partial charge in [-0.15, -0.1) is 11.3 Å². The van der Waals surface area contributed by atoms with E-state index >= 15 is 0 Å². The highest BCUT2D eigenvalue weighted by atomic mass is 79.9. The molecule has 0 amide bonds. The lowest BCUT2D eigenvalue weighted by molar-refractivity contribution is -0.138. The second-order valence-electron chi connectivity index (χ2n) is 3.94. The van der Waals surface area contributed by atoms with Gasteiger partial charge in [-0.1, -0.05) is 18.2 Å². The molecule has 1 atom stereocenters. The second kappa shape index (κ2) is 5.64. The van der Waals surface area contributed by atoms with Crippen molar-refractivity contribution in [1.29, 1.82) is 0 Å². The first-order valence-electron chi connectivity index (χ1n) is 5.51. The molecule has 0 aliphatic rings. The van der Waals surface area contributed by atoms with Gasteiger partial charge in [0, 0.05) is 9.35 Å². The molecule has 2 rings (SSSR count). The van der Waals surface area contributed by atoms with E-state index in [0.29, 0.717) is 0 Å². The van der Waals surface area contributed by atoms with Crippen molar-refractivity contribution in [2.24, 2.45) is 0 Å². The smallest absolute Gasteiger partial charge is 0.309 e. The van der Waals surface area contributed by atoms with Crippen LogP contribution in [0.1, 0.15) is 22.0 Å². The van der Waals surface area contributed by atoms with Crippen molar-refractivity contribution in [3.05, 3.63) is 56.2 Å². The Morgan fingerprint density at radius 1 is 1.21 bits per heavy atom. The lowest BCUT2D eigenvalue weighted by Crippen LogP contribution is -2.21. The molecule has 19 heavy (non-hydrogen) atoms. The van der Waals surface area contributed by atoms with Crippen LogP contribution in [0.4, 0.5) is 13.2 Å². The van der Waals surface area contributed by atoms with E-state index in [1.165, 1.54) is 23.5 Å². The van der Waals surface area contributed by atoms with E-state index in [1.54, 1.807) is 13.1 Å². The van der Waals surface area contributed by atoms with Crippen LogP contribution in [0.15, 0.2) is 40.2 Å². The van der Waals surface area contributed by atoms with Crippen molar-refractivity contribution in [2.75, 3.05) is 7.05 Å². The zero-order valence-corrected chi connectivity index (χ0v) is 12.4. The van der Waals surface area contributed by atoms with Gasteiger partial charge in [-0.25, -0.2) is 0 Å². The number of halogens is 4. The minimum absolute atomic E-state index is 0.237. The molecule has 0 saturated carbocycles. The van der Waals surface area contributed by atoms with Crippen molar-refractivity contribution >= 4 is 27.3 Å². The lowest BCUT2D eigenvalue weighted by Gasteiger charge is -2.20. The molecule has 0 aliphatic heterocycles. The molecule has 1 heterocycles. The molecule has 0 aliphatic carbocycles. The number of hydrogen-bond donors (Lipinski definition) is 1. The van der Waals surface area contributed by atoms with Crippen LogP contribution in [-0.4, -0.2) is 7.05 Å². The third-order valence-corrected chi connectivity index (χ3v) is 4.71. The fraction of sp³-hybridized carbons (Fsp3) is 0.231. The Balaban J connectivity index is 2.54. The number of thiophene rings is 1. The number of hydrogen-bond acceptors (Lipinski definition) is 2. The molecule has 1 unspecified atom stereocenters. The van der Waals surface area contributed by atoms with Gasteiger partial charge < -0.3 is 5.32 Å². The van der Waals surface area contributed by atoms with Gasteiger partial charge in [-0.2, -0.15) is 13.2 Å². The number of nitrogens with one attached hydrogen (secondary N) is 1. The number of rotatable bonds is 3. The van der Waals surface area contributed by atoms with E-state index in [4.69, 9.17) is 0 Å². The largest absolute Gasteiger partial charge is 0.416 e. The van der Waals surface area contributed by atoms with Crippen LogP contribution in [-0.2, 0) is 6.18 Å². The maximum absolute atomic E-state index is 13.1. The molecule has 1 aromatic heterocycles. The van der Waals surface area contributed by atoms with Gasteiger partial charge in [0.05, 0.1) is 11.6 Å². The zero-order chi connectivity index (χ0) is 14.0. The van der Waals surface area contributed by atoms with Gasteiger partial charge in [0.2, 0.25) is 0 Å². The summed E-state index contributed by atoms with van der Waals surface area (Å²) in [5.74, 6) is 0. The summed E-state index contributed by atoms with van der Waals surface area (Å²) in [5.41, 5.74) is -0.365. The fourth-order valence-electron chi connectivity index (χ4n) is 1.95. The summed E-state index contributed by atoms with van der Waals surface area (Å²) in [4.78, 5) is 0.833. The summed E-state index contributed by atoms with van der Waals surface area (Å²) in [6, 6.07) is 7.00. The topological polar surface area (TPSA) is 12.0 Å². The van der Waals surface area contributed by atoms with Crippen molar-refractivity contribution in [3.63, 3.8) is 0 Å². The van der Waals surface area contributed by atoms with Gasteiger partial charge in [-0.05, 0) is 46.1 Å². The van der Waals surface area contributed by atoms with Crippen molar-refractivity contribution < 1.29 is 13.2 Å². The molecular weight excluding hydrogens is 339 g/mol. The predicted octanol–water partition coefficient (Wildman–Crippen LogP) is 4.84. The van der Waals surface area contributed by atoms with Crippen molar-refractivity contribution in [2.45, 2.75) is 12.2 Å². The quantitative estimate of drug-likeness (QED) is 0.835. The van der Waals surface area contributed by atoms with Crippen molar-refractivity contribution in [1.82, 2.24) is 5.32 Å². The summed E-state index contributed by atoms with van der Waals surface area (Å²) in [5, 5.41) is 4.80. The molecule has 0 spiro atoms. The van der Waals surface area contributed by atoms with E-state index in [-0.39, 0.29) is 5.56 Å². The normalized spacial score (nSPS) is 13.5. The third kappa shape index (κ3) is 3.01. The van der Waals surface area contributed by atoms with Crippen molar-refractivity contribution in [3.8, 4) is 0 Å². The predicted molar refractivity (Wildman–Crippen MR) is 74.4 cm³/mol. The molecule has 102 valence electrons. The van der Waals surface area contributed by atoms with E-state index in [0.717, 1.165) is 15.4 Å². The van der Waals surface area contributed by atoms with Crippen LogP contribution in [0.5, 0.6) is 0 Å². The molecular formula is C13H11BrF3NS. The molecule has 0 fully saturated rings. The first kappa shape index (κ1) is 14.6. The van der Waals surface area contributed by atoms with Crippen LogP contribution in [0.3, 0.4) is 0 Å². The molecule has 0 saturated heterocycles. The summed E-state index contributed by atoms with van der Waals surface area (Å²) in [6.07, 6.45) is -4.35. The van der Waals surface area contributed by atoms with Gasteiger partial charge in [-0.3, -0.25) is 0 Å². The molecule has 6 heteroatoms. The zero-order valence-electron chi connectivity index (χ0n) is 9.96. The van der Waals surface area contributed by atoms with E-state index < -0.39 is 17.8 Å². The molecule has 2 aromatic rings. The van der Waals surface area contributed by atoms with E-state index in [1.807, 2.05) is 11.4 Å². The summed E-state index contributed by atoms with van der Waals surface area (Å²) < 4.78 is 40.0. The third-order valence-electron chi connectivity index (χ3n) is 2.77. The average Bonchev–Trinajstić information content (AvgIpc) is 2.76. The monoisotopic (exact) mass is 349 g/mol. The Morgan fingerprint density at radius 2 is 1.89 bits per heavy atom. The first-order chi connectivity index (χ1) is 8.95. The maximum atomic E-state index is 13.1. The second-order valence-corrected chi connectivity index (χ2v) is 5.74. The highest BCUT2D eigenvalue weighted by Crippen LogP contribution is 2.39. The summed E-state index contributed by atoms with van der Waals surface area (Å²) >= 11 is 4.79. The molecule has 0 radical (unpaired) electrons. The van der Waals surface area contributed by atoms with Crippen LogP contribution in [0.25, 0.3) is 0 Å². The maximum Gasteiger partial charge on any atom is 0.416 e. The van der Waals surface area contributed by atoms with Gasteiger partial charge >= 0.3 is 6.18 Å². The summed E-state index contributed by atoms with van der Waals surface area (Å²) in [7, 11) is 1.66. The van der Waals surface area contributed by atoms with Crippen LogP contribution < -0.4 is 5.32 Å². The molecule has 1 N–H and O–H groups in total. The van der Waals surface area contributed by atoms with Gasteiger partial charge in [0.15, 0.2) is 0 Å². The highest BCUT2D eigenvalue weighted by Gasteiger charge is 2.35. The van der Waals surface area contributed by atoms with E-state index in [2.05, 4.69) is 21.2 Å². The first-order valence-corrected chi connectivity index (χ1v) is 7.18. The lowest BCUT2D eigenvalue weighted by atomic mass is 9.99. The van der Waals surface area contributed by atoms with Crippen LogP contribution in [0.2, 0.25) is 0 Å². The minimum Gasteiger partial charge on any atom is -0.309 e. The van der Waals surface area contributed by atoms with Gasteiger partial charge in [0.25, 0.3) is 0 Å².